The Kier molecular flexibility index (Phi) is 8.92. The van der Waals surface area contributed by atoms with Crippen LogP contribution in [0.25, 0.3) is 0 Å². The first-order chi connectivity index (χ1) is 12.2. The van der Waals surface area contributed by atoms with Crippen LogP contribution in [0.15, 0.2) is 24.3 Å². The van der Waals surface area contributed by atoms with E-state index in [2.05, 4.69) is 10.6 Å². The molecule has 7 nitrogen and oxygen atoms in total. The number of carbonyl (C=O) groups is 2. The highest BCUT2D eigenvalue weighted by Gasteiger charge is 2.17. The molecule has 0 aliphatic rings. The maximum Gasteiger partial charge on any atom is 0.407 e. The SMILES string of the molecule is CC(C)(C)OC(=O)NCCCCCCNC(=O)C(O)c1ccc(O)cc1. The highest BCUT2D eigenvalue weighted by Crippen LogP contribution is 2.16. The molecule has 0 bridgehead atoms. The highest BCUT2D eigenvalue weighted by molar-refractivity contribution is 5.81. The van der Waals surface area contributed by atoms with Crippen molar-refractivity contribution in [3.05, 3.63) is 29.8 Å². The van der Waals surface area contributed by atoms with E-state index in [0.29, 0.717) is 18.7 Å². The van der Waals surface area contributed by atoms with Gasteiger partial charge in [0.05, 0.1) is 0 Å². The number of ether oxygens (including phenoxy) is 1. The maximum absolute atomic E-state index is 11.9. The van der Waals surface area contributed by atoms with Crippen LogP contribution in [-0.4, -0.2) is 40.9 Å². The number of amides is 2. The Bertz CT molecular complexity index is 566. The molecule has 0 aliphatic heterocycles. The van der Waals surface area contributed by atoms with E-state index in [9.17, 15) is 19.8 Å². The van der Waals surface area contributed by atoms with Crippen molar-refractivity contribution >= 4 is 12.0 Å². The molecule has 0 saturated heterocycles. The number of phenolic OH excluding ortho intramolecular Hbond substituents is 1. The number of alkyl carbamates (subject to hydrolysis) is 1. The molecule has 1 atom stereocenters. The Labute approximate surface area is 154 Å². The number of hydrogen-bond acceptors (Lipinski definition) is 5. The van der Waals surface area contributed by atoms with E-state index in [1.54, 1.807) is 0 Å². The van der Waals surface area contributed by atoms with Crippen molar-refractivity contribution in [2.75, 3.05) is 13.1 Å². The number of aliphatic hydroxyl groups is 1. The van der Waals surface area contributed by atoms with Crippen molar-refractivity contribution in [1.29, 1.82) is 0 Å². The summed E-state index contributed by atoms with van der Waals surface area (Å²) < 4.78 is 5.14. The van der Waals surface area contributed by atoms with Crippen LogP contribution < -0.4 is 10.6 Å². The summed E-state index contributed by atoms with van der Waals surface area (Å²) in [5, 5.41) is 24.5. The second-order valence-corrected chi connectivity index (χ2v) is 7.13. The van der Waals surface area contributed by atoms with Crippen LogP contribution >= 0.6 is 0 Å². The first-order valence-electron chi connectivity index (χ1n) is 8.90. The molecule has 1 aromatic carbocycles. The number of rotatable bonds is 9. The van der Waals surface area contributed by atoms with Gasteiger partial charge >= 0.3 is 6.09 Å². The summed E-state index contributed by atoms with van der Waals surface area (Å²) in [6, 6.07) is 5.88. The molecule has 1 rings (SSSR count). The van der Waals surface area contributed by atoms with Gasteiger partial charge in [0.25, 0.3) is 5.91 Å². The van der Waals surface area contributed by atoms with Gasteiger partial charge in [0, 0.05) is 13.1 Å². The Hall–Kier alpha value is -2.28. The fourth-order valence-corrected chi connectivity index (χ4v) is 2.22. The zero-order valence-corrected chi connectivity index (χ0v) is 15.7. The minimum atomic E-state index is -1.24. The molecule has 26 heavy (non-hydrogen) atoms. The summed E-state index contributed by atoms with van der Waals surface area (Å²) in [4.78, 5) is 23.3. The third-order valence-corrected chi connectivity index (χ3v) is 3.53. The smallest absolute Gasteiger partial charge is 0.407 e. The summed E-state index contributed by atoms with van der Waals surface area (Å²) in [5.41, 5.74) is -0.0546. The largest absolute Gasteiger partial charge is 0.508 e. The summed E-state index contributed by atoms with van der Waals surface area (Å²) in [5.74, 6) is -0.371. The van der Waals surface area contributed by atoms with Gasteiger partial charge in [-0.3, -0.25) is 4.79 Å². The van der Waals surface area contributed by atoms with Crippen LogP contribution in [0.3, 0.4) is 0 Å². The fourth-order valence-electron chi connectivity index (χ4n) is 2.22. The van der Waals surface area contributed by atoms with E-state index in [0.717, 1.165) is 25.7 Å². The van der Waals surface area contributed by atoms with Gasteiger partial charge in [-0.2, -0.15) is 0 Å². The molecule has 1 unspecified atom stereocenters. The van der Waals surface area contributed by atoms with Gasteiger partial charge in [0.1, 0.15) is 11.4 Å². The number of aromatic hydroxyl groups is 1. The lowest BCUT2D eigenvalue weighted by Gasteiger charge is -2.19. The van der Waals surface area contributed by atoms with E-state index in [1.165, 1.54) is 24.3 Å². The predicted octanol–water partition coefficient (Wildman–Crippen LogP) is 2.63. The van der Waals surface area contributed by atoms with Crippen molar-refractivity contribution in [2.24, 2.45) is 0 Å². The average Bonchev–Trinajstić information content (AvgIpc) is 2.55. The van der Waals surface area contributed by atoms with E-state index in [-0.39, 0.29) is 5.75 Å². The molecular weight excluding hydrogens is 336 g/mol. The third-order valence-electron chi connectivity index (χ3n) is 3.53. The molecule has 0 radical (unpaired) electrons. The van der Waals surface area contributed by atoms with Crippen LogP contribution in [0, 0.1) is 0 Å². The maximum atomic E-state index is 11.9. The Morgan fingerprint density at radius 2 is 1.54 bits per heavy atom. The van der Waals surface area contributed by atoms with Gasteiger partial charge in [0.2, 0.25) is 0 Å². The van der Waals surface area contributed by atoms with Gasteiger partial charge in [-0.05, 0) is 51.3 Å². The first kappa shape index (κ1) is 21.8. The molecule has 1 aromatic rings. The van der Waals surface area contributed by atoms with Crippen molar-refractivity contribution < 1.29 is 24.5 Å². The topological polar surface area (TPSA) is 108 Å². The van der Waals surface area contributed by atoms with Gasteiger partial charge in [-0.1, -0.05) is 25.0 Å². The normalized spacial score (nSPS) is 12.3. The Morgan fingerprint density at radius 1 is 1.00 bits per heavy atom. The first-order valence-corrected chi connectivity index (χ1v) is 8.90. The second kappa shape index (κ2) is 10.7. The lowest BCUT2D eigenvalue weighted by molar-refractivity contribution is -0.129. The number of nitrogens with one attached hydrogen (secondary N) is 2. The second-order valence-electron chi connectivity index (χ2n) is 7.13. The molecule has 0 heterocycles. The molecule has 0 spiro atoms. The highest BCUT2D eigenvalue weighted by atomic mass is 16.6. The zero-order valence-electron chi connectivity index (χ0n) is 15.7. The molecule has 0 fully saturated rings. The van der Waals surface area contributed by atoms with E-state index in [4.69, 9.17) is 4.74 Å². The molecule has 0 aliphatic carbocycles. The molecule has 2 amide bonds. The summed E-state index contributed by atoms with van der Waals surface area (Å²) in [6.07, 6.45) is 1.81. The monoisotopic (exact) mass is 366 g/mol. The lowest BCUT2D eigenvalue weighted by Crippen LogP contribution is -2.33. The zero-order chi connectivity index (χ0) is 19.6. The number of hydrogen-bond donors (Lipinski definition) is 4. The van der Waals surface area contributed by atoms with E-state index >= 15 is 0 Å². The molecule has 0 aromatic heterocycles. The summed E-state index contributed by atoms with van der Waals surface area (Å²) in [6.45, 7) is 6.49. The molecule has 7 heteroatoms. The number of unbranched alkanes of at least 4 members (excludes halogenated alkanes) is 3. The average molecular weight is 366 g/mol. The standard InChI is InChI=1S/C19H30N2O5/c1-19(2,3)26-18(25)21-13-7-5-4-6-12-20-17(24)16(23)14-8-10-15(22)11-9-14/h8-11,16,22-23H,4-7,12-13H2,1-3H3,(H,20,24)(H,21,25). The van der Waals surface area contributed by atoms with Crippen LogP contribution in [0.1, 0.15) is 58.1 Å². The van der Waals surface area contributed by atoms with Gasteiger partial charge in [-0.15, -0.1) is 0 Å². The van der Waals surface area contributed by atoms with Gasteiger partial charge in [-0.25, -0.2) is 4.79 Å². The Balaban J connectivity index is 2.07. The number of benzene rings is 1. The van der Waals surface area contributed by atoms with Crippen molar-refractivity contribution in [1.82, 2.24) is 10.6 Å². The van der Waals surface area contributed by atoms with Crippen molar-refractivity contribution in [3.8, 4) is 5.75 Å². The summed E-state index contributed by atoms with van der Waals surface area (Å²) in [7, 11) is 0. The van der Waals surface area contributed by atoms with Crippen LogP contribution in [0.4, 0.5) is 4.79 Å². The fraction of sp³-hybridized carbons (Fsp3) is 0.579. The minimum absolute atomic E-state index is 0.0857. The van der Waals surface area contributed by atoms with Gasteiger partial charge < -0.3 is 25.6 Å². The van der Waals surface area contributed by atoms with Crippen LogP contribution in [0.5, 0.6) is 5.75 Å². The Morgan fingerprint density at radius 3 is 2.08 bits per heavy atom. The molecular formula is C19H30N2O5. The van der Waals surface area contributed by atoms with Crippen LogP contribution in [0.2, 0.25) is 0 Å². The minimum Gasteiger partial charge on any atom is -0.508 e. The number of carbonyl (C=O) groups excluding carboxylic acids is 2. The number of aliphatic hydroxyl groups excluding tert-OH is 1. The predicted molar refractivity (Wildman–Crippen MR) is 98.8 cm³/mol. The quantitative estimate of drug-likeness (QED) is 0.503. The third kappa shape index (κ3) is 9.27. The molecule has 146 valence electrons. The summed E-state index contributed by atoms with van der Waals surface area (Å²) >= 11 is 0. The van der Waals surface area contributed by atoms with Crippen LogP contribution in [-0.2, 0) is 9.53 Å². The number of phenols is 1. The van der Waals surface area contributed by atoms with Crippen molar-refractivity contribution in [3.63, 3.8) is 0 Å². The van der Waals surface area contributed by atoms with Gasteiger partial charge in [0.15, 0.2) is 6.10 Å². The van der Waals surface area contributed by atoms with Crippen molar-refractivity contribution in [2.45, 2.75) is 58.2 Å². The van der Waals surface area contributed by atoms with E-state index < -0.39 is 23.7 Å². The lowest BCUT2D eigenvalue weighted by atomic mass is 10.1. The molecule has 0 saturated carbocycles. The van der Waals surface area contributed by atoms with E-state index in [1.807, 2.05) is 20.8 Å². The molecule has 4 N–H and O–H groups in total.